The Hall–Kier alpha value is -0.750. The highest BCUT2D eigenvalue weighted by Crippen LogP contribution is 2.36. The van der Waals surface area contributed by atoms with Crippen molar-refractivity contribution in [2.45, 2.75) is 25.6 Å². The van der Waals surface area contributed by atoms with Gasteiger partial charge in [0.1, 0.15) is 0 Å². The molecule has 1 atom stereocenters. The van der Waals surface area contributed by atoms with Crippen LogP contribution >= 0.6 is 15.9 Å². The smallest absolute Gasteiger partial charge is 0.392 e. The van der Waals surface area contributed by atoms with Crippen LogP contribution in [0.15, 0.2) is 22.7 Å². The van der Waals surface area contributed by atoms with Crippen molar-refractivity contribution in [1.29, 1.82) is 0 Å². The maximum Gasteiger partial charge on any atom is 0.393 e. The Morgan fingerprint density at radius 1 is 1.37 bits per heavy atom. The lowest BCUT2D eigenvalue weighted by Gasteiger charge is -2.36. The first kappa shape index (κ1) is 14.7. The quantitative estimate of drug-likeness (QED) is 0.889. The highest BCUT2D eigenvalue weighted by atomic mass is 79.9. The lowest BCUT2D eigenvalue weighted by Crippen LogP contribution is -2.42. The van der Waals surface area contributed by atoms with Crippen LogP contribution in [0.3, 0.4) is 0 Å². The number of alkyl halides is 3. The van der Waals surface area contributed by atoms with Crippen molar-refractivity contribution in [2.24, 2.45) is 5.92 Å². The van der Waals surface area contributed by atoms with E-state index in [-0.39, 0.29) is 19.6 Å². The van der Waals surface area contributed by atoms with Crippen LogP contribution in [-0.4, -0.2) is 24.4 Å². The number of nitrogens with zero attached hydrogens (tertiary/aromatic N) is 1. The Labute approximate surface area is 118 Å². The Kier molecular flexibility index (Phi) is 4.40. The van der Waals surface area contributed by atoms with Gasteiger partial charge in [0.2, 0.25) is 0 Å². The molecule has 106 valence electrons. The summed E-state index contributed by atoms with van der Waals surface area (Å²) in [7, 11) is 0. The third kappa shape index (κ3) is 3.42. The van der Waals surface area contributed by atoms with E-state index in [1.807, 2.05) is 0 Å². The molecule has 0 amide bonds. The van der Waals surface area contributed by atoms with E-state index >= 15 is 0 Å². The largest absolute Gasteiger partial charge is 0.393 e. The molecule has 1 heterocycles. The molecule has 1 N–H and O–H groups in total. The Bertz CT molecular complexity index is 450. The van der Waals surface area contributed by atoms with Crippen LogP contribution in [0.1, 0.15) is 18.4 Å². The number of hydrogen-bond acceptors (Lipinski definition) is 2. The number of aliphatic hydroxyl groups excluding tert-OH is 1. The second kappa shape index (κ2) is 5.71. The molecule has 1 aliphatic rings. The van der Waals surface area contributed by atoms with Gasteiger partial charge in [0.15, 0.2) is 0 Å². The van der Waals surface area contributed by atoms with E-state index in [1.165, 1.54) is 0 Å². The van der Waals surface area contributed by atoms with Gasteiger partial charge in [0.05, 0.1) is 12.5 Å². The van der Waals surface area contributed by atoms with Gasteiger partial charge in [-0.1, -0.05) is 22.0 Å². The number of aliphatic hydroxyl groups is 1. The molecule has 0 aliphatic carbocycles. The first-order valence-corrected chi connectivity index (χ1v) is 6.92. The minimum absolute atomic E-state index is 0.0348. The second-order valence-electron chi connectivity index (χ2n) is 4.76. The Balaban J connectivity index is 2.24. The summed E-state index contributed by atoms with van der Waals surface area (Å²) in [5, 5.41) is 9.30. The van der Waals surface area contributed by atoms with Gasteiger partial charge in [-0.25, -0.2) is 0 Å². The number of piperidine rings is 1. The fraction of sp³-hybridized carbons (Fsp3) is 0.538. The zero-order valence-corrected chi connectivity index (χ0v) is 11.8. The van der Waals surface area contributed by atoms with E-state index in [4.69, 9.17) is 0 Å². The normalized spacial score (nSPS) is 20.7. The maximum atomic E-state index is 12.8. The van der Waals surface area contributed by atoms with E-state index < -0.39 is 12.1 Å². The van der Waals surface area contributed by atoms with Crippen LogP contribution in [0.2, 0.25) is 0 Å². The fourth-order valence-corrected chi connectivity index (χ4v) is 2.78. The van der Waals surface area contributed by atoms with Gasteiger partial charge >= 0.3 is 6.18 Å². The molecule has 0 saturated carbocycles. The Morgan fingerprint density at radius 3 is 2.74 bits per heavy atom. The molecule has 1 fully saturated rings. The lowest BCUT2D eigenvalue weighted by molar-refractivity contribution is -0.176. The molecule has 0 spiro atoms. The molecule has 0 radical (unpaired) electrons. The van der Waals surface area contributed by atoms with Gasteiger partial charge in [0, 0.05) is 28.8 Å². The van der Waals surface area contributed by atoms with Crippen molar-refractivity contribution in [2.75, 3.05) is 18.0 Å². The number of halogens is 4. The van der Waals surface area contributed by atoms with E-state index in [9.17, 15) is 18.3 Å². The van der Waals surface area contributed by atoms with Gasteiger partial charge < -0.3 is 10.0 Å². The molecule has 1 aromatic rings. The van der Waals surface area contributed by atoms with Crippen molar-refractivity contribution in [1.82, 2.24) is 0 Å². The van der Waals surface area contributed by atoms with Gasteiger partial charge in [-0.3, -0.25) is 0 Å². The molecule has 1 aliphatic heterocycles. The SMILES string of the molecule is OCc1ccc(Br)cc1N1CCCC(C(F)(F)F)C1. The molecule has 19 heavy (non-hydrogen) atoms. The standard InChI is InChI=1S/C13H15BrF3NO/c14-11-4-3-9(8-19)12(6-11)18-5-1-2-10(7-18)13(15,16)17/h3-4,6,10,19H,1-2,5,7-8H2. The lowest BCUT2D eigenvalue weighted by atomic mass is 9.96. The topological polar surface area (TPSA) is 23.5 Å². The molecule has 1 saturated heterocycles. The number of rotatable bonds is 2. The fourth-order valence-electron chi connectivity index (χ4n) is 2.43. The van der Waals surface area contributed by atoms with E-state index in [1.54, 1.807) is 23.1 Å². The first-order chi connectivity index (χ1) is 8.91. The molecular formula is C13H15BrF3NO. The zero-order valence-electron chi connectivity index (χ0n) is 10.3. The summed E-state index contributed by atoms with van der Waals surface area (Å²) >= 11 is 3.32. The molecule has 1 aromatic carbocycles. The van der Waals surface area contributed by atoms with Crippen molar-refractivity contribution in [3.05, 3.63) is 28.2 Å². The summed E-state index contributed by atoms with van der Waals surface area (Å²) in [6.07, 6.45) is -3.45. The number of anilines is 1. The summed E-state index contributed by atoms with van der Waals surface area (Å²) in [6, 6.07) is 5.28. The zero-order chi connectivity index (χ0) is 14.0. The third-order valence-corrected chi connectivity index (χ3v) is 3.94. The van der Waals surface area contributed by atoms with Crippen LogP contribution in [0.4, 0.5) is 18.9 Å². The molecule has 0 aromatic heterocycles. The third-order valence-electron chi connectivity index (χ3n) is 3.44. The monoisotopic (exact) mass is 337 g/mol. The minimum atomic E-state index is -4.15. The predicted octanol–water partition coefficient (Wildman–Crippen LogP) is 3.72. The number of hydrogen-bond donors (Lipinski definition) is 1. The van der Waals surface area contributed by atoms with E-state index in [0.29, 0.717) is 24.2 Å². The van der Waals surface area contributed by atoms with Gasteiger partial charge in [-0.2, -0.15) is 13.2 Å². The van der Waals surface area contributed by atoms with Crippen molar-refractivity contribution < 1.29 is 18.3 Å². The minimum Gasteiger partial charge on any atom is -0.392 e. The van der Waals surface area contributed by atoms with E-state index in [0.717, 1.165) is 4.47 Å². The highest BCUT2D eigenvalue weighted by molar-refractivity contribution is 9.10. The van der Waals surface area contributed by atoms with Gasteiger partial charge in [-0.05, 0) is 25.0 Å². The summed E-state index contributed by atoms with van der Waals surface area (Å²) in [5.74, 6) is -1.29. The average Bonchev–Trinajstić information content (AvgIpc) is 2.38. The second-order valence-corrected chi connectivity index (χ2v) is 5.67. The van der Waals surface area contributed by atoms with Crippen molar-refractivity contribution >= 4 is 21.6 Å². The molecular weight excluding hydrogens is 323 g/mol. The summed E-state index contributed by atoms with van der Waals surface area (Å²) in [6.45, 7) is 0.388. The average molecular weight is 338 g/mol. The first-order valence-electron chi connectivity index (χ1n) is 6.12. The predicted molar refractivity (Wildman–Crippen MR) is 71.1 cm³/mol. The van der Waals surface area contributed by atoms with E-state index in [2.05, 4.69) is 15.9 Å². The maximum absolute atomic E-state index is 12.8. The van der Waals surface area contributed by atoms with Gasteiger partial charge in [-0.15, -0.1) is 0 Å². The van der Waals surface area contributed by atoms with Crippen LogP contribution in [-0.2, 0) is 6.61 Å². The molecule has 2 rings (SSSR count). The molecule has 1 unspecified atom stereocenters. The number of benzene rings is 1. The van der Waals surface area contributed by atoms with Crippen LogP contribution in [0.5, 0.6) is 0 Å². The van der Waals surface area contributed by atoms with Crippen molar-refractivity contribution in [3.8, 4) is 0 Å². The summed E-state index contributed by atoms with van der Waals surface area (Å²) in [4.78, 5) is 1.72. The highest BCUT2D eigenvalue weighted by Gasteiger charge is 2.42. The molecule has 6 heteroatoms. The summed E-state index contributed by atoms with van der Waals surface area (Å²) in [5.41, 5.74) is 1.34. The molecule has 0 bridgehead atoms. The summed E-state index contributed by atoms with van der Waals surface area (Å²) < 4.78 is 39.2. The van der Waals surface area contributed by atoms with Gasteiger partial charge in [0.25, 0.3) is 0 Å². The van der Waals surface area contributed by atoms with Crippen LogP contribution < -0.4 is 4.90 Å². The Morgan fingerprint density at radius 2 is 2.11 bits per heavy atom. The molecule has 2 nitrogen and oxygen atoms in total. The van der Waals surface area contributed by atoms with Crippen LogP contribution in [0.25, 0.3) is 0 Å². The van der Waals surface area contributed by atoms with Crippen LogP contribution in [0, 0.1) is 5.92 Å². The van der Waals surface area contributed by atoms with Crippen molar-refractivity contribution in [3.63, 3.8) is 0 Å².